The number of fused-ring (bicyclic) bond motifs is 1. The van der Waals surface area contributed by atoms with E-state index < -0.39 is 0 Å². The number of carbonyl (C=O) groups is 1. The van der Waals surface area contributed by atoms with Gasteiger partial charge in [-0.25, -0.2) is 4.98 Å². The average molecular weight is 245 g/mol. The van der Waals surface area contributed by atoms with Crippen molar-refractivity contribution in [2.75, 3.05) is 13.2 Å². The van der Waals surface area contributed by atoms with E-state index in [0.717, 1.165) is 18.5 Å². The molecule has 1 N–H and O–H groups in total. The van der Waals surface area contributed by atoms with Crippen LogP contribution in [0.3, 0.4) is 0 Å². The summed E-state index contributed by atoms with van der Waals surface area (Å²) in [5.41, 5.74) is 1.33. The Bertz CT molecular complexity index is 574. The first-order valence-electron chi connectivity index (χ1n) is 6.15. The second kappa shape index (κ2) is 4.42. The van der Waals surface area contributed by atoms with Gasteiger partial charge in [0.25, 0.3) is 5.91 Å². The molecule has 0 saturated heterocycles. The second-order valence-electron chi connectivity index (χ2n) is 4.53. The fourth-order valence-electron chi connectivity index (χ4n) is 2.18. The molecule has 0 aromatic carbocycles. The van der Waals surface area contributed by atoms with Crippen molar-refractivity contribution in [3.8, 4) is 0 Å². The molecular weight excluding hydrogens is 230 g/mol. The van der Waals surface area contributed by atoms with Crippen LogP contribution >= 0.6 is 0 Å². The quantitative estimate of drug-likeness (QED) is 0.871. The summed E-state index contributed by atoms with van der Waals surface area (Å²) in [5.74, 6) is -0.0507. The Morgan fingerprint density at radius 1 is 1.50 bits per heavy atom. The number of aromatic nitrogens is 2. The standard InChI is InChI=1S/C13H15N3O2/c17-8-7-15(10-4-5-10)13(18)11-9-14-12-3-1-2-6-16(11)12/h1-3,6,9-10,17H,4-5,7-8H2. The lowest BCUT2D eigenvalue weighted by molar-refractivity contribution is 0.0700. The Kier molecular flexibility index (Phi) is 2.76. The lowest BCUT2D eigenvalue weighted by Gasteiger charge is -2.20. The minimum Gasteiger partial charge on any atom is -0.395 e. The van der Waals surface area contributed by atoms with Crippen molar-refractivity contribution in [2.24, 2.45) is 0 Å². The predicted molar refractivity (Wildman–Crippen MR) is 66.3 cm³/mol. The molecule has 0 spiro atoms. The summed E-state index contributed by atoms with van der Waals surface area (Å²) in [6, 6.07) is 5.92. The van der Waals surface area contributed by atoms with Gasteiger partial charge in [0, 0.05) is 18.8 Å². The zero-order chi connectivity index (χ0) is 12.5. The molecule has 5 heteroatoms. The molecule has 0 radical (unpaired) electrons. The van der Waals surface area contributed by atoms with Crippen LogP contribution in [0.5, 0.6) is 0 Å². The molecule has 2 aromatic rings. The third-order valence-electron chi connectivity index (χ3n) is 3.23. The normalized spacial score (nSPS) is 14.9. The molecule has 1 fully saturated rings. The third kappa shape index (κ3) is 1.86. The molecule has 18 heavy (non-hydrogen) atoms. The van der Waals surface area contributed by atoms with Crippen LogP contribution in [0.15, 0.2) is 30.6 Å². The van der Waals surface area contributed by atoms with Crippen LogP contribution in [-0.4, -0.2) is 44.5 Å². The van der Waals surface area contributed by atoms with Crippen LogP contribution in [0, 0.1) is 0 Å². The van der Waals surface area contributed by atoms with E-state index in [9.17, 15) is 4.79 Å². The largest absolute Gasteiger partial charge is 0.395 e. The van der Waals surface area contributed by atoms with E-state index in [2.05, 4.69) is 4.98 Å². The molecule has 5 nitrogen and oxygen atoms in total. The minimum atomic E-state index is -0.0507. The van der Waals surface area contributed by atoms with Gasteiger partial charge in [0.15, 0.2) is 0 Å². The van der Waals surface area contributed by atoms with Gasteiger partial charge < -0.3 is 10.0 Å². The molecule has 1 aliphatic carbocycles. The maximum absolute atomic E-state index is 12.4. The monoisotopic (exact) mass is 245 g/mol. The SMILES string of the molecule is O=C(c1cnc2ccccn12)N(CCO)C1CC1. The van der Waals surface area contributed by atoms with E-state index in [0.29, 0.717) is 18.3 Å². The summed E-state index contributed by atoms with van der Waals surface area (Å²) >= 11 is 0. The highest BCUT2D eigenvalue weighted by molar-refractivity contribution is 5.93. The summed E-state index contributed by atoms with van der Waals surface area (Å²) in [6.07, 6.45) is 5.50. The maximum Gasteiger partial charge on any atom is 0.272 e. The van der Waals surface area contributed by atoms with Crippen LogP contribution in [0.1, 0.15) is 23.3 Å². The van der Waals surface area contributed by atoms with Crippen LogP contribution in [0.2, 0.25) is 0 Å². The zero-order valence-electron chi connectivity index (χ0n) is 9.99. The van der Waals surface area contributed by atoms with Crippen molar-refractivity contribution in [3.63, 3.8) is 0 Å². The topological polar surface area (TPSA) is 57.8 Å². The number of rotatable bonds is 4. The van der Waals surface area contributed by atoms with Gasteiger partial charge in [-0.3, -0.25) is 9.20 Å². The molecule has 3 rings (SSSR count). The molecule has 0 atom stereocenters. The van der Waals surface area contributed by atoms with Gasteiger partial charge in [-0.05, 0) is 25.0 Å². The maximum atomic E-state index is 12.4. The molecule has 1 saturated carbocycles. The molecular formula is C13H15N3O2. The molecule has 2 aromatic heterocycles. The van der Waals surface area contributed by atoms with E-state index in [1.165, 1.54) is 0 Å². The minimum absolute atomic E-state index is 0.00102. The van der Waals surface area contributed by atoms with Gasteiger partial charge in [0.05, 0.1) is 12.8 Å². The Hall–Kier alpha value is -1.88. The summed E-state index contributed by atoms with van der Waals surface area (Å²) in [4.78, 5) is 18.4. The van der Waals surface area contributed by atoms with Crippen LogP contribution in [0.25, 0.3) is 5.65 Å². The number of aliphatic hydroxyl groups is 1. The highest BCUT2D eigenvalue weighted by atomic mass is 16.3. The van der Waals surface area contributed by atoms with Crippen LogP contribution in [0.4, 0.5) is 0 Å². The van der Waals surface area contributed by atoms with Gasteiger partial charge >= 0.3 is 0 Å². The first kappa shape index (κ1) is 11.2. The van der Waals surface area contributed by atoms with Gasteiger partial charge in [-0.1, -0.05) is 6.07 Å². The van der Waals surface area contributed by atoms with E-state index >= 15 is 0 Å². The lowest BCUT2D eigenvalue weighted by Crippen LogP contribution is -2.36. The molecule has 1 aliphatic rings. The first-order valence-corrected chi connectivity index (χ1v) is 6.15. The first-order chi connectivity index (χ1) is 8.81. The van der Waals surface area contributed by atoms with Gasteiger partial charge in [-0.2, -0.15) is 0 Å². The number of nitrogens with zero attached hydrogens (tertiary/aromatic N) is 3. The fraction of sp³-hybridized carbons (Fsp3) is 0.385. The number of hydrogen-bond acceptors (Lipinski definition) is 3. The predicted octanol–water partition coefficient (Wildman–Crippen LogP) is 0.931. The number of amides is 1. The Balaban J connectivity index is 1.95. The van der Waals surface area contributed by atoms with Crippen molar-refractivity contribution in [3.05, 3.63) is 36.3 Å². The van der Waals surface area contributed by atoms with Gasteiger partial charge in [0.1, 0.15) is 11.3 Å². The van der Waals surface area contributed by atoms with E-state index in [1.54, 1.807) is 15.5 Å². The summed E-state index contributed by atoms with van der Waals surface area (Å²) in [5, 5.41) is 9.06. The number of imidazole rings is 1. The number of hydrogen-bond donors (Lipinski definition) is 1. The van der Waals surface area contributed by atoms with E-state index in [-0.39, 0.29) is 12.5 Å². The van der Waals surface area contributed by atoms with E-state index in [1.807, 2.05) is 24.4 Å². The van der Waals surface area contributed by atoms with Gasteiger partial charge in [-0.15, -0.1) is 0 Å². The Morgan fingerprint density at radius 2 is 2.33 bits per heavy atom. The van der Waals surface area contributed by atoms with Crippen molar-refractivity contribution in [1.82, 2.24) is 14.3 Å². The summed E-state index contributed by atoms with van der Waals surface area (Å²) in [7, 11) is 0. The molecule has 0 unspecified atom stereocenters. The number of pyridine rings is 1. The molecule has 2 heterocycles. The summed E-state index contributed by atoms with van der Waals surface area (Å²) in [6.45, 7) is 0.391. The average Bonchev–Trinajstić information content (AvgIpc) is 3.14. The lowest BCUT2D eigenvalue weighted by atomic mass is 10.3. The van der Waals surface area contributed by atoms with Gasteiger partial charge in [0.2, 0.25) is 0 Å². The summed E-state index contributed by atoms with van der Waals surface area (Å²) < 4.78 is 1.79. The van der Waals surface area contributed by atoms with Crippen molar-refractivity contribution in [1.29, 1.82) is 0 Å². The molecule has 1 amide bonds. The third-order valence-corrected chi connectivity index (χ3v) is 3.23. The number of aliphatic hydroxyl groups excluding tert-OH is 1. The highest BCUT2D eigenvalue weighted by Crippen LogP contribution is 2.28. The zero-order valence-corrected chi connectivity index (χ0v) is 9.99. The number of carbonyl (C=O) groups excluding carboxylic acids is 1. The molecule has 0 bridgehead atoms. The van der Waals surface area contributed by atoms with Crippen LogP contribution < -0.4 is 0 Å². The second-order valence-corrected chi connectivity index (χ2v) is 4.53. The Morgan fingerprint density at radius 3 is 3.06 bits per heavy atom. The highest BCUT2D eigenvalue weighted by Gasteiger charge is 2.33. The smallest absolute Gasteiger partial charge is 0.272 e. The molecule has 0 aliphatic heterocycles. The Labute approximate surface area is 105 Å². The van der Waals surface area contributed by atoms with Crippen molar-refractivity contribution < 1.29 is 9.90 Å². The van der Waals surface area contributed by atoms with Crippen molar-refractivity contribution in [2.45, 2.75) is 18.9 Å². The fourth-order valence-corrected chi connectivity index (χ4v) is 2.18. The van der Waals surface area contributed by atoms with Crippen LogP contribution in [-0.2, 0) is 0 Å². The van der Waals surface area contributed by atoms with E-state index in [4.69, 9.17) is 5.11 Å². The molecule has 94 valence electrons. The van der Waals surface area contributed by atoms with Crippen molar-refractivity contribution >= 4 is 11.6 Å².